The minimum Gasteiger partial charge on any atom is -0.507 e. The van der Waals surface area contributed by atoms with Gasteiger partial charge in [-0.05, 0) is 61.1 Å². The molecule has 0 unspecified atom stereocenters. The number of fused-ring (bicyclic) bond motifs is 1. The number of aromatic amines is 1. The maximum absolute atomic E-state index is 12.5. The second-order valence-corrected chi connectivity index (χ2v) is 6.45. The molecule has 0 atom stereocenters. The quantitative estimate of drug-likeness (QED) is 0.635. The molecule has 5 nitrogen and oxygen atoms in total. The zero-order valence-electron chi connectivity index (χ0n) is 13.8. The molecule has 1 heterocycles. The molecule has 1 aromatic heterocycles. The summed E-state index contributed by atoms with van der Waals surface area (Å²) in [5.74, 6) is 0.779. The van der Waals surface area contributed by atoms with Crippen LogP contribution in [-0.2, 0) is 6.54 Å². The number of aromatic nitrogens is 2. The van der Waals surface area contributed by atoms with E-state index in [1.165, 1.54) is 11.9 Å². The summed E-state index contributed by atoms with van der Waals surface area (Å²) in [4.78, 5) is 19.9. The van der Waals surface area contributed by atoms with Crippen LogP contribution in [0.5, 0.6) is 5.75 Å². The van der Waals surface area contributed by atoms with Crippen LogP contribution >= 0.6 is 11.9 Å². The number of rotatable bonds is 4. The van der Waals surface area contributed by atoms with Crippen molar-refractivity contribution in [1.82, 2.24) is 14.7 Å². The lowest BCUT2D eigenvalue weighted by Gasteiger charge is -2.09. The van der Waals surface area contributed by atoms with Gasteiger partial charge in [0.05, 0.1) is 10.9 Å². The van der Waals surface area contributed by atoms with Gasteiger partial charge >= 0.3 is 0 Å². The van der Waals surface area contributed by atoms with E-state index in [-0.39, 0.29) is 11.3 Å². The van der Waals surface area contributed by atoms with E-state index in [0.717, 1.165) is 22.3 Å². The maximum atomic E-state index is 12.5. The Hall–Kier alpha value is -2.31. The van der Waals surface area contributed by atoms with Gasteiger partial charge in [-0.2, -0.15) is 0 Å². The summed E-state index contributed by atoms with van der Waals surface area (Å²) in [7, 11) is 0. The largest absolute Gasteiger partial charge is 0.507 e. The molecule has 6 heteroatoms. The second kappa shape index (κ2) is 6.67. The van der Waals surface area contributed by atoms with Crippen LogP contribution in [0.15, 0.2) is 35.1 Å². The normalized spacial score (nSPS) is 11.1. The highest BCUT2D eigenvalue weighted by Crippen LogP contribution is 2.27. The third-order valence-electron chi connectivity index (χ3n) is 3.95. The predicted molar refractivity (Wildman–Crippen MR) is 99.3 cm³/mol. The Labute approximate surface area is 144 Å². The fraction of sp³-hybridized carbons (Fsp3) is 0.222. The van der Waals surface area contributed by atoms with Crippen molar-refractivity contribution in [2.75, 3.05) is 6.26 Å². The van der Waals surface area contributed by atoms with E-state index in [0.29, 0.717) is 23.3 Å². The summed E-state index contributed by atoms with van der Waals surface area (Å²) in [5, 5.41) is 10.5. The van der Waals surface area contributed by atoms with Crippen LogP contribution in [0.2, 0.25) is 0 Å². The van der Waals surface area contributed by atoms with Gasteiger partial charge in [-0.3, -0.25) is 9.52 Å². The SMILES string of the molecule is CSNCc1ccc2nc(-c3cc(C)c(O)c(C)c3)[nH]c(=O)c2c1. The molecule has 3 N–H and O–H groups in total. The second-order valence-electron chi connectivity index (χ2n) is 5.75. The Morgan fingerprint density at radius 1 is 1.21 bits per heavy atom. The Morgan fingerprint density at radius 2 is 1.92 bits per heavy atom. The first-order chi connectivity index (χ1) is 11.5. The van der Waals surface area contributed by atoms with Crippen LogP contribution in [0, 0.1) is 13.8 Å². The number of H-pyrrole nitrogens is 1. The van der Waals surface area contributed by atoms with E-state index in [1.807, 2.05) is 50.4 Å². The van der Waals surface area contributed by atoms with Crippen molar-refractivity contribution >= 4 is 22.9 Å². The number of aryl methyl sites for hydroxylation is 2. The number of aromatic hydroxyl groups is 1. The van der Waals surface area contributed by atoms with E-state index >= 15 is 0 Å². The first-order valence-electron chi connectivity index (χ1n) is 7.59. The maximum Gasteiger partial charge on any atom is 0.259 e. The molecule has 24 heavy (non-hydrogen) atoms. The molecule has 0 aliphatic carbocycles. The summed E-state index contributed by atoms with van der Waals surface area (Å²) in [5.41, 5.74) is 3.83. The van der Waals surface area contributed by atoms with Crippen molar-refractivity contribution in [1.29, 1.82) is 0 Å². The lowest BCUT2D eigenvalue weighted by atomic mass is 10.0. The number of benzene rings is 2. The molecule has 124 valence electrons. The number of phenolic OH excluding ortho intramolecular Hbond substituents is 1. The topological polar surface area (TPSA) is 78.0 Å². The Bertz CT molecular complexity index is 943. The molecule has 0 saturated carbocycles. The molecule has 0 radical (unpaired) electrons. The van der Waals surface area contributed by atoms with Crippen molar-refractivity contribution in [3.05, 3.63) is 57.4 Å². The monoisotopic (exact) mass is 341 g/mol. The molecule has 0 aliphatic rings. The zero-order chi connectivity index (χ0) is 17.3. The summed E-state index contributed by atoms with van der Waals surface area (Å²) < 4.78 is 3.16. The third-order valence-corrected chi connectivity index (χ3v) is 4.39. The van der Waals surface area contributed by atoms with E-state index in [2.05, 4.69) is 14.7 Å². The third kappa shape index (κ3) is 3.16. The van der Waals surface area contributed by atoms with Gasteiger partial charge in [-0.25, -0.2) is 4.98 Å². The highest BCUT2D eigenvalue weighted by molar-refractivity contribution is 7.96. The van der Waals surface area contributed by atoms with Gasteiger partial charge in [-0.15, -0.1) is 0 Å². The molecule has 2 aromatic carbocycles. The average molecular weight is 341 g/mol. The molecule has 0 amide bonds. The first kappa shape index (κ1) is 16.5. The average Bonchev–Trinajstić information content (AvgIpc) is 2.57. The molecular formula is C18H19N3O2S. The summed E-state index contributed by atoms with van der Waals surface area (Å²) in [6, 6.07) is 9.34. The number of hydrogen-bond donors (Lipinski definition) is 3. The van der Waals surface area contributed by atoms with E-state index < -0.39 is 0 Å². The molecule has 0 bridgehead atoms. The van der Waals surface area contributed by atoms with Crippen LogP contribution in [-0.4, -0.2) is 21.3 Å². The molecule has 0 aliphatic heterocycles. The van der Waals surface area contributed by atoms with E-state index in [1.54, 1.807) is 0 Å². The number of hydrogen-bond acceptors (Lipinski definition) is 5. The van der Waals surface area contributed by atoms with Crippen LogP contribution in [0.25, 0.3) is 22.3 Å². The van der Waals surface area contributed by atoms with Crippen molar-refractivity contribution in [3.8, 4) is 17.1 Å². The van der Waals surface area contributed by atoms with Crippen molar-refractivity contribution in [3.63, 3.8) is 0 Å². The lowest BCUT2D eigenvalue weighted by Crippen LogP contribution is -2.11. The van der Waals surface area contributed by atoms with E-state index in [9.17, 15) is 9.90 Å². The van der Waals surface area contributed by atoms with Crippen LogP contribution in [0.1, 0.15) is 16.7 Å². The minimum absolute atomic E-state index is 0.163. The Morgan fingerprint density at radius 3 is 2.58 bits per heavy atom. The van der Waals surface area contributed by atoms with E-state index in [4.69, 9.17) is 0 Å². The summed E-state index contributed by atoms with van der Waals surface area (Å²) in [6.07, 6.45) is 1.96. The molecule has 0 fully saturated rings. The minimum atomic E-state index is -0.163. The van der Waals surface area contributed by atoms with Crippen molar-refractivity contribution in [2.24, 2.45) is 0 Å². The zero-order valence-corrected chi connectivity index (χ0v) is 14.6. The highest BCUT2D eigenvalue weighted by atomic mass is 32.2. The number of nitrogens with one attached hydrogen (secondary N) is 2. The molecular weight excluding hydrogens is 322 g/mol. The summed E-state index contributed by atoms with van der Waals surface area (Å²) in [6.45, 7) is 4.35. The van der Waals surface area contributed by atoms with Gasteiger partial charge in [0.25, 0.3) is 5.56 Å². The van der Waals surface area contributed by atoms with Gasteiger partial charge in [0.1, 0.15) is 11.6 Å². The van der Waals surface area contributed by atoms with Gasteiger partial charge in [-0.1, -0.05) is 18.0 Å². The fourth-order valence-corrected chi connectivity index (χ4v) is 2.99. The molecule has 3 rings (SSSR count). The van der Waals surface area contributed by atoms with Crippen LogP contribution in [0.3, 0.4) is 0 Å². The Balaban J connectivity index is 2.10. The molecule has 0 saturated heterocycles. The Kier molecular flexibility index (Phi) is 4.59. The molecule has 0 spiro atoms. The first-order valence-corrected chi connectivity index (χ1v) is 8.81. The van der Waals surface area contributed by atoms with Gasteiger partial charge in [0.2, 0.25) is 0 Å². The predicted octanol–water partition coefficient (Wildman–Crippen LogP) is 3.28. The van der Waals surface area contributed by atoms with Crippen molar-refractivity contribution < 1.29 is 5.11 Å². The van der Waals surface area contributed by atoms with Gasteiger partial charge < -0.3 is 10.1 Å². The van der Waals surface area contributed by atoms with Crippen LogP contribution in [0.4, 0.5) is 0 Å². The smallest absolute Gasteiger partial charge is 0.259 e. The summed E-state index contributed by atoms with van der Waals surface area (Å²) >= 11 is 1.54. The van der Waals surface area contributed by atoms with Crippen molar-refractivity contribution in [2.45, 2.75) is 20.4 Å². The standard InChI is InChI=1S/C18H19N3O2S/c1-10-6-13(7-11(2)16(10)22)17-20-15-5-4-12(9-19-24-3)8-14(15)18(23)21-17/h4-8,19,22H,9H2,1-3H3,(H,20,21,23). The number of phenols is 1. The lowest BCUT2D eigenvalue weighted by molar-refractivity contribution is 0.467. The van der Waals surface area contributed by atoms with Gasteiger partial charge in [0, 0.05) is 12.1 Å². The highest BCUT2D eigenvalue weighted by Gasteiger charge is 2.10. The van der Waals surface area contributed by atoms with Gasteiger partial charge in [0.15, 0.2) is 0 Å². The van der Waals surface area contributed by atoms with Crippen LogP contribution < -0.4 is 10.3 Å². The fourth-order valence-electron chi connectivity index (χ4n) is 2.68. The molecule has 3 aromatic rings. The number of nitrogens with zero attached hydrogens (tertiary/aromatic N) is 1.